The summed E-state index contributed by atoms with van der Waals surface area (Å²) in [6.45, 7) is 4.12. The number of carbonyl (C=O) groups is 2. The highest BCUT2D eigenvalue weighted by Gasteiger charge is 2.27. The van der Waals surface area contributed by atoms with Crippen molar-refractivity contribution < 1.29 is 14.1 Å². The van der Waals surface area contributed by atoms with Gasteiger partial charge in [0.1, 0.15) is 6.26 Å². The van der Waals surface area contributed by atoms with E-state index >= 15 is 0 Å². The average Bonchev–Trinajstić information content (AvgIpc) is 3.28. The molecule has 2 aromatic rings. The first-order valence-electron chi connectivity index (χ1n) is 8.58. The molecule has 1 atom stereocenters. The second-order valence-electron chi connectivity index (χ2n) is 6.45. The van der Waals surface area contributed by atoms with Crippen LogP contribution < -0.4 is 10.6 Å². The fraction of sp³-hybridized carbons (Fsp3) is 0.471. The van der Waals surface area contributed by atoms with Crippen molar-refractivity contribution in [2.24, 2.45) is 7.05 Å². The second-order valence-corrected chi connectivity index (χ2v) is 6.45. The maximum absolute atomic E-state index is 12.1. The number of likely N-dealkylation sites (N-methyl/N-ethyl adjacent to an activating group) is 1. The van der Waals surface area contributed by atoms with Crippen molar-refractivity contribution in [3.8, 4) is 0 Å². The highest BCUT2D eigenvalue weighted by molar-refractivity contribution is 6.39. The van der Waals surface area contributed by atoms with E-state index in [0.29, 0.717) is 6.54 Å². The van der Waals surface area contributed by atoms with Crippen molar-refractivity contribution in [1.29, 1.82) is 0 Å². The van der Waals surface area contributed by atoms with Crippen LogP contribution in [0, 0.1) is 0 Å². The summed E-state index contributed by atoms with van der Waals surface area (Å²) < 4.78 is 6.68. The standard InChI is InChI=1S/C17H24N6O3/c1-21-7-9-23(10-8-21)14(13-4-3-6-22(13)2)12-18-16(24)17(25)19-15-5-11-26-20-15/h3-6,11,14H,7-10,12H2,1-2H3,(H,18,24)(H,19,20,25)/t14-/m0/s1. The molecule has 140 valence electrons. The van der Waals surface area contributed by atoms with Gasteiger partial charge in [-0.3, -0.25) is 19.8 Å². The van der Waals surface area contributed by atoms with Crippen LogP contribution in [0.3, 0.4) is 0 Å². The van der Waals surface area contributed by atoms with Crippen molar-refractivity contribution in [3.63, 3.8) is 0 Å². The number of hydrogen-bond donors (Lipinski definition) is 2. The predicted molar refractivity (Wildman–Crippen MR) is 95.4 cm³/mol. The van der Waals surface area contributed by atoms with Gasteiger partial charge >= 0.3 is 11.8 Å². The van der Waals surface area contributed by atoms with E-state index < -0.39 is 11.8 Å². The second kappa shape index (κ2) is 8.15. The lowest BCUT2D eigenvalue weighted by Gasteiger charge is -2.38. The van der Waals surface area contributed by atoms with Crippen molar-refractivity contribution in [1.82, 2.24) is 24.8 Å². The van der Waals surface area contributed by atoms with Crippen LogP contribution >= 0.6 is 0 Å². The average molecular weight is 360 g/mol. The minimum atomic E-state index is -0.761. The largest absolute Gasteiger partial charge is 0.363 e. The van der Waals surface area contributed by atoms with E-state index in [2.05, 4.69) is 37.2 Å². The number of amides is 2. The summed E-state index contributed by atoms with van der Waals surface area (Å²) >= 11 is 0. The molecule has 2 amide bonds. The summed E-state index contributed by atoms with van der Waals surface area (Å²) in [4.78, 5) is 28.7. The Morgan fingerprint density at radius 2 is 1.96 bits per heavy atom. The number of anilines is 1. The van der Waals surface area contributed by atoms with Gasteiger partial charge in [-0.2, -0.15) is 0 Å². The number of nitrogens with one attached hydrogen (secondary N) is 2. The number of hydrogen-bond acceptors (Lipinski definition) is 6. The number of carbonyl (C=O) groups excluding carboxylic acids is 2. The lowest BCUT2D eigenvalue weighted by atomic mass is 10.1. The molecule has 0 spiro atoms. The summed E-state index contributed by atoms with van der Waals surface area (Å²) in [6, 6.07) is 5.51. The van der Waals surface area contributed by atoms with E-state index in [1.807, 2.05) is 29.9 Å². The third-order valence-corrected chi connectivity index (χ3v) is 4.65. The van der Waals surface area contributed by atoms with Gasteiger partial charge in [-0.05, 0) is 19.2 Å². The van der Waals surface area contributed by atoms with E-state index in [1.54, 1.807) is 0 Å². The summed E-state index contributed by atoms with van der Waals surface area (Å²) in [5.74, 6) is -1.24. The molecule has 0 unspecified atom stereocenters. The zero-order valence-corrected chi connectivity index (χ0v) is 15.0. The first-order chi connectivity index (χ1) is 12.5. The zero-order chi connectivity index (χ0) is 18.5. The Morgan fingerprint density at radius 1 is 1.19 bits per heavy atom. The van der Waals surface area contributed by atoms with E-state index in [0.717, 1.165) is 31.9 Å². The van der Waals surface area contributed by atoms with Gasteiger partial charge in [-0.15, -0.1) is 0 Å². The normalized spacial score (nSPS) is 17.0. The van der Waals surface area contributed by atoms with Crippen LogP contribution in [-0.2, 0) is 16.6 Å². The van der Waals surface area contributed by atoms with Gasteiger partial charge in [-0.1, -0.05) is 5.16 Å². The van der Waals surface area contributed by atoms with Crippen LogP contribution in [0.1, 0.15) is 11.7 Å². The van der Waals surface area contributed by atoms with Crippen LogP contribution in [0.5, 0.6) is 0 Å². The molecule has 1 saturated heterocycles. The Balaban J connectivity index is 1.63. The Morgan fingerprint density at radius 3 is 2.58 bits per heavy atom. The molecule has 0 aliphatic carbocycles. The molecule has 0 bridgehead atoms. The zero-order valence-electron chi connectivity index (χ0n) is 15.0. The van der Waals surface area contributed by atoms with E-state index in [4.69, 9.17) is 0 Å². The van der Waals surface area contributed by atoms with Gasteiger partial charge in [0.15, 0.2) is 5.82 Å². The first-order valence-corrected chi connectivity index (χ1v) is 8.58. The van der Waals surface area contributed by atoms with Gasteiger partial charge in [0.25, 0.3) is 0 Å². The molecule has 1 aliphatic heterocycles. The van der Waals surface area contributed by atoms with Crippen LogP contribution in [0.4, 0.5) is 5.82 Å². The molecule has 3 rings (SSSR count). The van der Waals surface area contributed by atoms with Gasteiger partial charge in [0, 0.05) is 57.7 Å². The summed E-state index contributed by atoms with van der Waals surface area (Å²) in [7, 11) is 4.09. The van der Waals surface area contributed by atoms with Crippen LogP contribution in [0.25, 0.3) is 0 Å². The fourth-order valence-electron chi connectivity index (χ4n) is 3.09. The minimum absolute atomic E-state index is 0.00694. The lowest BCUT2D eigenvalue weighted by molar-refractivity contribution is -0.136. The molecule has 1 aliphatic rings. The predicted octanol–water partition coefficient (Wildman–Crippen LogP) is 0.0565. The van der Waals surface area contributed by atoms with E-state index in [1.165, 1.54) is 12.3 Å². The number of aryl methyl sites for hydroxylation is 1. The number of rotatable bonds is 5. The minimum Gasteiger partial charge on any atom is -0.363 e. The maximum Gasteiger partial charge on any atom is 0.314 e. The molecule has 9 nitrogen and oxygen atoms in total. The topological polar surface area (TPSA) is 95.6 Å². The SMILES string of the molecule is CN1CCN([C@@H](CNC(=O)C(=O)Nc2ccon2)c2cccn2C)CC1. The van der Waals surface area contributed by atoms with Gasteiger partial charge in [-0.25, -0.2) is 0 Å². The van der Waals surface area contributed by atoms with Gasteiger partial charge in [0.05, 0.1) is 6.04 Å². The molecule has 0 aromatic carbocycles. The van der Waals surface area contributed by atoms with Crippen molar-refractivity contribution in [3.05, 3.63) is 36.4 Å². The highest BCUT2D eigenvalue weighted by atomic mass is 16.5. The smallest absolute Gasteiger partial charge is 0.314 e. The Bertz CT molecular complexity index is 734. The van der Waals surface area contributed by atoms with Crippen LogP contribution in [0.15, 0.2) is 35.2 Å². The Hall–Kier alpha value is -2.65. The molecular weight excluding hydrogens is 336 g/mol. The summed E-state index contributed by atoms with van der Waals surface area (Å²) in [6.07, 6.45) is 3.31. The molecule has 0 radical (unpaired) electrons. The first kappa shape index (κ1) is 18.2. The molecule has 2 N–H and O–H groups in total. The van der Waals surface area contributed by atoms with Gasteiger partial charge < -0.3 is 19.3 Å². The number of nitrogens with zero attached hydrogens (tertiary/aromatic N) is 4. The molecule has 3 heterocycles. The third kappa shape index (κ3) is 4.30. The molecule has 2 aromatic heterocycles. The van der Waals surface area contributed by atoms with Gasteiger partial charge in [0.2, 0.25) is 0 Å². The van der Waals surface area contributed by atoms with Crippen molar-refractivity contribution in [2.45, 2.75) is 6.04 Å². The molecule has 9 heteroatoms. The van der Waals surface area contributed by atoms with Crippen molar-refractivity contribution >= 4 is 17.6 Å². The lowest BCUT2D eigenvalue weighted by Crippen LogP contribution is -2.49. The summed E-state index contributed by atoms with van der Waals surface area (Å²) in [5.41, 5.74) is 1.10. The van der Waals surface area contributed by atoms with E-state index in [-0.39, 0.29) is 11.9 Å². The monoisotopic (exact) mass is 360 g/mol. The number of piperazine rings is 1. The fourth-order valence-corrected chi connectivity index (χ4v) is 3.09. The molecular formula is C17H24N6O3. The van der Waals surface area contributed by atoms with Crippen LogP contribution in [0.2, 0.25) is 0 Å². The molecule has 26 heavy (non-hydrogen) atoms. The summed E-state index contributed by atoms with van der Waals surface area (Å²) in [5, 5.41) is 8.70. The quantitative estimate of drug-likeness (QED) is 0.732. The van der Waals surface area contributed by atoms with Crippen molar-refractivity contribution in [2.75, 3.05) is 45.1 Å². The Labute approximate surface area is 151 Å². The highest BCUT2D eigenvalue weighted by Crippen LogP contribution is 2.21. The maximum atomic E-state index is 12.1. The number of aromatic nitrogens is 2. The third-order valence-electron chi connectivity index (χ3n) is 4.65. The van der Waals surface area contributed by atoms with Crippen LogP contribution in [-0.4, -0.2) is 71.1 Å². The molecule has 0 saturated carbocycles. The molecule has 1 fully saturated rings. The Kier molecular flexibility index (Phi) is 5.69. The van der Waals surface area contributed by atoms with E-state index in [9.17, 15) is 9.59 Å².